The molecule has 2 amide bonds. The lowest BCUT2D eigenvalue weighted by atomic mass is 9.97. The molecule has 2 aliphatic carbocycles. The number of alkyl carbamates (subject to hydrolysis) is 1. The minimum Gasteiger partial charge on any atom is -0.481 e. The third kappa shape index (κ3) is 5.41. The first kappa shape index (κ1) is 23.8. The molecule has 2 aliphatic rings. The summed E-state index contributed by atoms with van der Waals surface area (Å²) in [6, 6.07) is 16.4. The van der Waals surface area contributed by atoms with Crippen LogP contribution in [0, 0.1) is 23.7 Å². The number of carbonyl (C=O) groups excluding carboxylic acids is 2. The zero-order chi connectivity index (χ0) is 24.2. The predicted molar refractivity (Wildman–Crippen MR) is 128 cm³/mol. The van der Waals surface area contributed by atoms with Gasteiger partial charge in [-0.15, -0.1) is 0 Å². The summed E-state index contributed by atoms with van der Waals surface area (Å²) in [5.41, 5.74) is 4.68. The van der Waals surface area contributed by atoms with Gasteiger partial charge in [-0.05, 0) is 46.9 Å². The van der Waals surface area contributed by atoms with Crippen LogP contribution in [0.2, 0.25) is 0 Å². The second kappa shape index (κ2) is 10.3. The van der Waals surface area contributed by atoms with E-state index in [2.05, 4.69) is 34.9 Å². The third-order valence-electron chi connectivity index (χ3n) is 6.74. The van der Waals surface area contributed by atoms with E-state index in [1.165, 1.54) is 11.1 Å². The van der Waals surface area contributed by atoms with Crippen molar-refractivity contribution in [2.24, 2.45) is 23.7 Å². The second-order valence-electron chi connectivity index (χ2n) is 9.72. The van der Waals surface area contributed by atoms with E-state index in [1.54, 1.807) is 0 Å². The van der Waals surface area contributed by atoms with Gasteiger partial charge in [0.15, 0.2) is 0 Å². The number of nitrogens with one attached hydrogen (secondary N) is 2. The maximum Gasteiger partial charge on any atom is 0.407 e. The Morgan fingerprint density at radius 1 is 1.00 bits per heavy atom. The van der Waals surface area contributed by atoms with Crippen LogP contribution in [0.3, 0.4) is 0 Å². The smallest absolute Gasteiger partial charge is 0.407 e. The molecule has 0 saturated heterocycles. The summed E-state index contributed by atoms with van der Waals surface area (Å²) in [6.07, 6.45) is 0.709. The highest BCUT2D eigenvalue weighted by atomic mass is 16.5. The van der Waals surface area contributed by atoms with Crippen LogP contribution in [0.5, 0.6) is 0 Å². The van der Waals surface area contributed by atoms with E-state index in [4.69, 9.17) is 4.74 Å². The Labute approximate surface area is 199 Å². The van der Waals surface area contributed by atoms with Gasteiger partial charge in [-0.3, -0.25) is 9.59 Å². The van der Waals surface area contributed by atoms with Crippen LogP contribution in [0.15, 0.2) is 48.5 Å². The number of aliphatic carboxylic acids is 1. The number of fused-ring (bicyclic) bond motifs is 3. The Bertz CT molecular complexity index is 1020. The van der Waals surface area contributed by atoms with Crippen molar-refractivity contribution >= 4 is 18.0 Å². The molecule has 0 radical (unpaired) electrons. The molecular weight excluding hydrogens is 432 g/mol. The minimum absolute atomic E-state index is 0.00521. The normalized spacial score (nSPS) is 19.1. The zero-order valence-corrected chi connectivity index (χ0v) is 19.6. The maximum atomic E-state index is 12.4. The molecule has 1 fully saturated rings. The van der Waals surface area contributed by atoms with Gasteiger partial charge < -0.3 is 20.5 Å². The lowest BCUT2D eigenvalue weighted by Gasteiger charge is -2.15. The Balaban J connectivity index is 1.21. The molecule has 0 spiro atoms. The Kier molecular flexibility index (Phi) is 7.20. The quantitative estimate of drug-likeness (QED) is 0.493. The van der Waals surface area contributed by atoms with E-state index in [0.29, 0.717) is 19.4 Å². The fourth-order valence-corrected chi connectivity index (χ4v) is 4.85. The summed E-state index contributed by atoms with van der Waals surface area (Å²) < 4.78 is 5.54. The number of carboxylic acids is 1. The van der Waals surface area contributed by atoms with E-state index in [1.807, 2.05) is 38.1 Å². The predicted octanol–water partition coefficient (Wildman–Crippen LogP) is 4.02. The summed E-state index contributed by atoms with van der Waals surface area (Å²) in [6.45, 7) is 4.67. The summed E-state index contributed by atoms with van der Waals surface area (Å²) in [5.74, 6) is -1.51. The summed E-state index contributed by atoms with van der Waals surface area (Å²) in [4.78, 5) is 36.0. The van der Waals surface area contributed by atoms with Gasteiger partial charge in [0.25, 0.3) is 0 Å². The van der Waals surface area contributed by atoms with E-state index in [9.17, 15) is 19.5 Å². The number of hydrogen-bond acceptors (Lipinski definition) is 4. The van der Waals surface area contributed by atoms with Crippen LogP contribution in [0.25, 0.3) is 11.1 Å². The van der Waals surface area contributed by atoms with Gasteiger partial charge in [0.1, 0.15) is 6.61 Å². The molecule has 0 aliphatic heterocycles. The molecule has 2 aromatic rings. The first-order valence-corrected chi connectivity index (χ1v) is 11.9. The van der Waals surface area contributed by atoms with Gasteiger partial charge in [-0.25, -0.2) is 4.79 Å². The molecule has 7 heteroatoms. The fourth-order valence-electron chi connectivity index (χ4n) is 4.85. The molecule has 4 rings (SSSR count). The molecule has 7 nitrogen and oxygen atoms in total. The van der Waals surface area contributed by atoms with Crippen molar-refractivity contribution in [3.63, 3.8) is 0 Å². The van der Waals surface area contributed by atoms with Gasteiger partial charge >= 0.3 is 12.1 Å². The number of amides is 2. The molecule has 0 aromatic heterocycles. The molecule has 3 atom stereocenters. The van der Waals surface area contributed by atoms with Crippen molar-refractivity contribution in [2.75, 3.05) is 19.7 Å². The third-order valence-corrected chi connectivity index (χ3v) is 6.74. The molecular formula is C27H32N2O5. The monoisotopic (exact) mass is 464 g/mol. The van der Waals surface area contributed by atoms with Crippen molar-refractivity contribution in [3.8, 4) is 11.1 Å². The fraction of sp³-hybridized carbons (Fsp3) is 0.444. The highest BCUT2D eigenvalue weighted by Crippen LogP contribution is 2.44. The number of ether oxygens (including phenoxy) is 1. The minimum atomic E-state index is -0.890. The lowest BCUT2D eigenvalue weighted by molar-refractivity contribution is -0.142. The van der Waals surface area contributed by atoms with Crippen molar-refractivity contribution < 1.29 is 24.2 Å². The second-order valence-corrected chi connectivity index (χ2v) is 9.72. The van der Waals surface area contributed by atoms with Crippen LogP contribution < -0.4 is 10.6 Å². The SMILES string of the molecule is CC(C)CC(CNC(=O)[C@@H]1C[C@@H]1CNC(=O)OCC1c2ccccc2-c2ccccc21)C(=O)O. The average Bonchev–Trinajstić information content (AvgIpc) is 3.53. The van der Waals surface area contributed by atoms with Crippen molar-refractivity contribution in [2.45, 2.75) is 32.6 Å². The van der Waals surface area contributed by atoms with Crippen molar-refractivity contribution in [1.82, 2.24) is 10.6 Å². The molecule has 3 N–H and O–H groups in total. The van der Waals surface area contributed by atoms with Crippen molar-refractivity contribution in [1.29, 1.82) is 0 Å². The number of benzene rings is 2. The Morgan fingerprint density at radius 2 is 1.62 bits per heavy atom. The first-order valence-electron chi connectivity index (χ1n) is 11.9. The van der Waals surface area contributed by atoms with Gasteiger partial charge in [0.2, 0.25) is 5.91 Å². The highest BCUT2D eigenvalue weighted by molar-refractivity contribution is 5.82. The standard InChI is InChI=1S/C27H32N2O5/c1-16(2)11-18(26(31)32)14-28-25(30)23-12-17(23)13-29-27(33)34-15-24-21-9-5-3-7-19(21)20-8-4-6-10-22(20)24/h3-10,16-18,23-24H,11-15H2,1-2H3,(H,28,30)(H,29,33)(H,31,32)/t17-,18?,23-/m1/s1. The van der Waals surface area contributed by atoms with Gasteiger partial charge in [-0.1, -0.05) is 62.4 Å². The van der Waals surface area contributed by atoms with E-state index in [-0.39, 0.29) is 42.7 Å². The van der Waals surface area contributed by atoms with Crippen LogP contribution >= 0.6 is 0 Å². The first-order chi connectivity index (χ1) is 16.3. The average molecular weight is 465 g/mol. The molecule has 180 valence electrons. The summed E-state index contributed by atoms with van der Waals surface area (Å²) in [5, 5.41) is 14.9. The topological polar surface area (TPSA) is 105 Å². The molecule has 0 heterocycles. The van der Waals surface area contributed by atoms with Crippen LogP contribution in [0.4, 0.5) is 4.79 Å². The molecule has 0 bridgehead atoms. The van der Waals surface area contributed by atoms with Gasteiger partial charge in [-0.2, -0.15) is 0 Å². The van der Waals surface area contributed by atoms with Crippen LogP contribution in [0.1, 0.15) is 43.7 Å². The molecule has 2 aromatic carbocycles. The van der Waals surface area contributed by atoms with Gasteiger partial charge in [0.05, 0.1) is 5.92 Å². The molecule has 1 saturated carbocycles. The van der Waals surface area contributed by atoms with E-state index in [0.717, 1.165) is 11.1 Å². The Hall–Kier alpha value is -3.35. The highest BCUT2D eigenvalue weighted by Gasteiger charge is 2.43. The van der Waals surface area contributed by atoms with Crippen LogP contribution in [-0.2, 0) is 14.3 Å². The van der Waals surface area contributed by atoms with E-state index >= 15 is 0 Å². The number of rotatable bonds is 10. The summed E-state index contributed by atoms with van der Waals surface area (Å²) in [7, 11) is 0. The number of hydrogen-bond donors (Lipinski definition) is 3. The maximum absolute atomic E-state index is 12.4. The summed E-state index contributed by atoms with van der Waals surface area (Å²) >= 11 is 0. The number of carbonyl (C=O) groups is 3. The Morgan fingerprint density at radius 3 is 2.21 bits per heavy atom. The largest absolute Gasteiger partial charge is 0.481 e. The molecule has 1 unspecified atom stereocenters. The van der Waals surface area contributed by atoms with E-state index < -0.39 is 18.0 Å². The lowest BCUT2D eigenvalue weighted by Crippen LogP contribution is -2.35. The number of carboxylic acid groups (broad SMARTS) is 1. The zero-order valence-electron chi connectivity index (χ0n) is 19.6. The van der Waals surface area contributed by atoms with Crippen LogP contribution in [-0.4, -0.2) is 42.8 Å². The van der Waals surface area contributed by atoms with Crippen molar-refractivity contribution in [3.05, 3.63) is 59.7 Å². The molecule has 34 heavy (non-hydrogen) atoms. The van der Waals surface area contributed by atoms with Gasteiger partial charge in [0, 0.05) is 24.9 Å².